The van der Waals surface area contributed by atoms with Crippen molar-refractivity contribution < 1.29 is 13.9 Å². The van der Waals surface area contributed by atoms with Gasteiger partial charge in [0.2, 0.25) is 5.91 Å². The average molecular weight is 491 g/mol. The predicted molar refractivity (Wildman–Crippen MR) is 137 cm³/mol. The molecule has 4 aromatic rings. The first kappa shape index (κ1) is 23.2. The highest BCUT2D eigenvalue weighted by atomic mass is 32.2. The number of piperazine rings is 1. The van der Waals surface area contributed by atoms with Gasteiger partial charge in [-0.15, -0.1) is 11.8 Å². The summed E-state index contributed by atoms with van der Waals surface area (Å²) in [5, 5.41) is 1.93. The molecule has 3 heterocycles. The molecule has 5 rings (SSSR count). The number of carbonyl (C=O) groups is 1. The lowest BCUT2D eigenvalue weighted by molar-refractivity contribution is -0.132. The van der Waals surface area contributed by atoms with Crippen LogP contribution in [0.25, 0.3) is 10.9 Å². The molecule has 1 fully saturated rings. The summed E-state index contributed by atoms with van der Waals surface area (Å²) in [4.78, 5) is 21.9. The van der Waals surface area contributed by atoms with Crippen molar-refractivity contribution in [2.45, 2.75) is 17.3 Å². The minimum atomic E-state index is -0.234. The first-order valence-corrected chi connectivity index (χ1v) is 12.6. The van der Waals surface area contributed by atoms with E-state index in [9.17, 15) is 9.18 Å². The number of pyridine rings is 1. The maximum absolute atomic E-state index is 13.2. The predicted octanol–water partition coefficient (Wildman–Crippen LogP) is 4.83. The second-order valence-corrected chi connectivity index (χ2v) is 9.44. The number of nitrogens with zero attached hydrogens (tertiary/aromatic N) is 4. The third-order valence-corrected chi connectivity index (χ3v) is 7.38. The molecule has 2 aromatic heterocycles. The van der Waals surface area contributed by atoms with Crippen molar-refractivity contribution in [1.29, 1.82) is 0 Å². The number of carbonyl (C=O) groups excluding carboxylic acids is 1. The van der Waals surface area contributed by atoms with Crippen LogP contribution >= 0.6 is 11.8 Å². The fourth-order valence-electron chi connectivity index (χ4n) is 4.35. The monoisotopic (exact) mass is 490 g/mol. The lowest BCUT2D eigenvalue weighted by Gasteiger charge is -2.36. The molecular weight excluding hydrogens is 463 g/mol. The van der Waals surface area contributed by atoms with Gasteiger partial charge in [-0.3, -0.25) is 4.79 Å². The van der Waals surface area contributed by atoms with Crippen molar-refractivity contribution in [3.8, 4) is 5.75 Å². The van der Waals surface area contributed by atoms with E-state index in [1.807, 2.05) is 46.0 Å². The summed E-state index contributed by atoms with van der Waals surface area (Å²) < 4.78 is 20.5. The van der Waals surface area contributed by atoms with Gasteiger partial charge < -0.3 is 19.1 Å². The first-order valence-electron chi connectivity index (χ1n) is 11.6. The Morgan fingerprint density at radius 1 is 1.06 bits per heavy atom. The summed E-state index contributed by atoms with van der Waals surface area (Å²) >= 11 is 1.61. The molecule has 0 saturated carbocycles. The van der Waals surface area contributed by atoms with Crippen LogP contribution in [0.5, 0.6) is 5.75 Å². The summed E-state index contributed by atoms with van der Waals surface area (Å²) in [6.45, 7) is 3.26. The number of methoxy groups -OCH3 is 1. The van der Waals surface area contributed by atoms with E-state index in [-0.39, 0.29) is 11.7 Å². The van der Waals surface area contributed by atoms with Gasteiger partial charge in [0.15, 0.2) is 0 Å². The molecule has 0 unspecified atom stereocenters. The summed E-state index contributed by atoms with van der Waals surface area (Å²) in [6.07, 6.45) is 3.74. The molecule has 1 aliphatic heterocycles. The Morgan fingerprint density at radius 3 is 2.63 bits per heavy atom. The van der Waals surface area contributed by atoms with Crippen LogP contribution in [0.15, 0.2) is 78.1 Å². The number of halogens is 1. The highest BCUT2D eigenvalue weighted by molar-refractivity contribution is 7.98. The Balaban J connectivity index is 1.21. The third-order valence-electron chi connectivity index (χ3n) is 6.31. The van der Waals surface area contributed by atoms with E-state index < -0.39 is 0 Å². The lowest BCUT2D eigenvalue weighted by Crippen LogP contribution is -2.49. The van der Waals surface area contributed by atoms with Crippen molar-refractivity contribution in [2.75, 3.05) is 38.2 Å². The summed E-state index contributed by atoms with van der Waals surface area (Å²) in [7, 11) is 1.67. The fraction of sp³-hybridized carbons (Fsp3) is 0.259. The minimum absolute atomic E-state index is 0.116. The molecule has 0 radical (unpaired) electrons. The maximum Gasteiger partial charge on any atom is 0.242 e. The van der Waals surface area contributed by atoms with Crippen LogP contribution in [0.4, 0.5) is 10.1 Å². The number of anilines is 1. The number of benzene rings is 2. The number of hydrogen-bond donors (Lipinski definition) is 0. The summed E-state index contributed by atoms with van der Waals surface area (Å²) in [5.41, 5.74) is 3.15. The van der Waals surface area contributed by atoms with Crippen molar-refractivity contribution in [3.05, 3.63) is 84.4 Å². The molecular formula is C27H27FN4O2S. The minimum Gasteiger partial charge on any atom is -0.497 e. The number of fused-ring (bicyclic) bond motifs is 1. The van der Waals surface area contributed by atoms with Crippen molar-refractivity contribution in [2.24, 2.45) is 0 Å². The van der Waals surface area contributed by atoms with E-state index in [0.717, 1.165) is 46.0 Å². The number of amides is 1. The van der Waals surface area contributed by atoms with Gasteiger partial charge in [-0.2, -0.15) is 0 Å². The van der Waals surface area contributed by atoms with Gasteiger partial charge in [0, 0.05) is 61.5 Å². The van der Waals surface area contributed by atoms with Gasteiger partial charge >= 0.3 is 0 Å². The second-order valence-electron chi connectivity index (χ2n) is 8.48. The van der Waals surface area contributed by atoms with E-state index >= 15 is 0 Å². The standard InChI is InChI=1S/C27H27FN4O2S/c1-34-23-4-2-3-22(17-23)30-13-15-31(16-14-30)26(33)18-32-12-10-24-25(32)9-11-29-27(24)35-19-20-5-7-21(28)8-6-20/h2-12,17H,13-16,18-19H2,1H3. The average Bonchev–Trinajstić information content (AvgIpc) is 3.31. The maximum atomic E-state index is 13.2. The Bertz CT molecular complexity index is 1320. The van der Waals surface area contributed by atoms with Gasteiger partial charge in [0.1, 0.15) is 23.1 Å². The number of rotatable bonds is 7. The molecule has 180 valence electrons. The zero-order chi connectivity index (χ0) is 24.2. The Hall–Kier alpha value is -3.52. The molecule has 1 aliphatic rings. The van der Waals surface area contributed by atoms with E-state index in [2.05, 4.69) is 16.0 Å². The van der Waals surface area contributed by atoms with Crippen LogP contribution in [0.2, 0.25) is 0 Å². The van der Waals surface area contributed by atoms with Crippen LogP contribution in [-0.4, -0.2) is 53.6 Å². The largest absolute Gasteiger partial charge is 0.497 e. The number of aromatic nitrogens is 2. The Kier molecular flexibility index (Phi) is 6.90. The highest BCUT2D eigenvalue weighted by Crippen LogP contribution is 2.29. The van der Waals surface area contributed by atoms with Crippen LogP contribution < -0.4 is 9.64 Å². The zero-order valence-electron chi connectivity index (χ0n) is 19.6. The van der Waals surface area contributed by atoms with Crippen LogP contribution in [-0.2, 0) is 17.1 Å². The molecule has 35 heavy (non-hydrogen) atoms. The lowest BCUT2D eigenvalue weighted by atomic mass is 10.2. The van der Waals surface area contributed by atoms with Gasteiger partial charge in [-0.25, -0.2) is 9.37 Å². The number of thioether (sulfide) groups is 1. The van der Waals surface area contributed by atoms with Crippen molar-refractivity contribution in [1.82, 2.24) is 14.5 Å². The van der Waals surface area contributed by atoms with E-state index in [1.165, 1.54) is 12.1 Å². The first-order chi connectivity index (χ1) is 17.1. The molecule has 0 N–H and O–H groups in total. The van der Waals surface area contributed by atoms with Crippen molar-refractivity contribution in [3.63, 3.8) is 0 Å². The SMILES string of the molecule is COc1cccc(N2CCN(C(=O)Cn3ccc4c(SCc5ccc(F)cc5)nccc43)CC2)c1. The molecule has 8 heteroatoms. The van der Waals surface area contributed by atoms with Gasteiger partial charge in [0.25, 0.3) is 0 Å². The van der Waals surface area contributed by atoms with Crippen LogP contribution in [0.1, 0.15) is 5.56 Å². The van der Waals surface area contributed by atoms with Crippen molar-refractivity contribution >= 4 is 34.3 Å². The fourth-order valence-corrected chi connectivity index (χ4v) is 5.31. The third kappa shape index (κ3) is 5.27. The molecule has 1 amide bonds. The van der Waals surface area contributed by atoms with Gasteiger partial charge in [-0.05, 0) is 42.0 Å². The number of ether oxygens (including phenoxy) is 1. The molecule has 0 aliphatic carbocycles. The number of hydrogen-bond acceptors (Lipinski definition) is 5. The second kappa shape index (κ2) is 10.4. The molecule has 6 nitrogen and oxygen atoms in total. The Morgan fingerprint density at radius 2 is 1.86 bits per heavy atom. The molecule has 1 saturated heterocycles. The van der Waals surface area contributed by atoms with Gasteiger partial charge in [-0.1, -0.05) is 18.2 Å². The normalized spacial score (nSPS) is 13.9. The summed E-state index contributed by atoms with van der Waals surface area (Å²) in [5.74, 6) is 1.42. The van der Waals surface area contributed by atoms with Crippen LogP contribution in [0, 0.1) is 5.82 Å². The van der Waals surface area contributed by atoms with E-state index in [1.54, 1.807) is 37.2 Å². The quantitative estimate of drug-likeness (QED) is 0.348. The zero-order valence-corrected chi connectivity index (χ0v) is 20.4. The van der Waals surface area contributed by atoms with E-state index in [0.29, 0.717) is 25.4 Å². The van der Waals surface area contributed by atoms with E-state index in [4.69, 9.17) is 4.74 Å². The molecule has 0 atom stereocenters. The molecule has 0 bridgehead atoms. The smallest absolute Gasteiger partial charge is 0.242 e. The van der Waals surface area contributed by atoms with Gasteiger partial charge in [0.05, 0.1) is 12.6 Å². The molecule has 2 aromatic carbocycles. The topological polar surface area (TPSA) is 50.6 Å². The molecule has 0 spiro atoms. The van der Waals surface area contributed by atoms with Crippen LogP contribution in [0.3, 0.4) is 0 Å². The highest BCUT2D eigenvalue weighted by Gasteiger charge is 2.22. The Labute approximate surface area is 208 Å². The summed E-state index contributed by atoms with van der Waals surface area (Å²) in [6, 6.07) is 18.5.